The summed E-state index contributed by atoms with van der Waals surface area (Å²) in [7, 11) is 1.58. The molecule has 40 heavy (non-hydrogen) atoms. The van der Waals surface area contributed by atoms with Crippen LogP contribution in [0.3, 0.4) is 0 Å². The van der Waals surface area contributed by atoms with Crippen molar-refractivity contribution in [2.24, 2.45) is 0 Å². The van der Waals surface area contributed by atoms with Crippen LogP contribution in [0.1, 0.15) is 57.1 Å². The van der Waals surface area contributed by atoms with Crippen LogP contribution < -0.4 is 0 Å². The van der Waals surface area contributed by atoms with Crippen molar-refractivity contribution in [2.45, 2.75) is 63.7 Å². The first-order chi connectivity index (χ1) is 19.1. The van der Waals surface area contributed by atoms with Gasteiger partial charge in [-0.1, -0.05) is 84.9 Å². The second kappa shape index (κ2) is 12.4. The van der Waals surface area contributed by atoms with Crippen LogP contribution in [0.5, 0.6) is 0 Å². The first kappa shape index (κ1) is 28.9. The van der Waals surface area contributed by atoms with Crippen LogP contribution in [0.15, 0.2) is 84.9 Å². The zero-order valence-corrected chi connectivity index (χ0v) is 23.6. The third-order valence-corrected chi connectivity index (χ3v) is 6.97. The number of nitrogens with zero attached hydrogens (tertiary/aromatic N) is 1. The first-order valence-corrected chi connectivity index (χ1v) is 13.6. The van der Waals surface area contributed by atoms with Crippen LogP contribution in [-0.4, -0.2) is 47.7 Å². The van der Waals surface area contributed by atoms with Gasteiger partial charge in [0.15, 0.2) is 5.54 Å². The molecule has 0 N–H and O–H groups in total. The Hall–Kier alpha value is -4.13. The van der Waals surface area contributed by atoms with Gasteiger partial charge in [0, 0.05) is 19.4 Å². The van der Waals surface area contributed by atoms with E-state index in [2.05, 4.69) is 0 Å². The Kier molecular flexibility index (Phi) is 8.93. The predicted molar refractivity (Wildman–Crippen MR) is 152 cm³/mol. The van der Waals surface area contributed by atoms with E-state index in [1.807, 2.05) is 84.9 Å². The normalized spacial score (nSPS) is 17.9. The highest BCUT2D eigenvalue weighted by Gasteiger charge is 2.66. The number of carbonyl (C=O) groups is 3. The second-order valence-electron chi connectivity index (χ2n) is 11.1. The molecular formula is C33H37NO6. The number of benzene rings is 3. The molecule has 0 heterocycles. The SMILES string of the molecule is CN(C(=O)OC(C)(C)C)C1(C(=O)OCCCC(=O)OCc2ccccc2)C[C@H]1c1ccc(-c2ccccc2)cc1. The Morgan fingerprint density at radius 3 is 2.08 bits per heavy atom. The van der Waals surface area contributed by atoms with Crippen molar-refractivity contribution in [3.63, 3.8) is 0 Å². The Labute approximate surface area is 236 Å². The molecule has 0 aromatic heterocycles. The van der Waals surface area contributed by atoms with E-state index >= 15 is 0 Å². The van der Waals surface area contributed by atoms with Gasteiger partial charge in [-0.3, -0.25) is 9.69 Å². The molecule has 1 aliphatic rings. The van der Waals surface area contributed by atoms with Crippen LogP contribution >= 0.6 is 0 Å². The summed E-state index contributed by atoms with van der Waals surface area (Å²) in [6.07, 6.45) is 0.282. The van der Waals surface area contributed by atoms with Gasteiger partial charge in [0.2, 0.25) is 0 Å². The molecule has 1 aliphatic carbocycles. The van der Waals surface area contributed by atoms with Crippen LogP contribution in [0.4, 0.5) is 4.79 Å². The van der Waals surface area contributed by atoms with Gasteiger partial charge in [0.1, 0.15) is 12.2 Å². The van der Waals surface area contributed by atoms with Gasteiger partial charge in [-0.15, -0.1) is 0 Å². The standard InChI is InChI=1S/C33H37NO6/c1-32(2,3)40-31(37)34(4)33(22-28(33)27-19-17-26(18-20-27)25-14-9-6-10-15-25)30(36)38-21-11-16-29(35)39-23-24-12-7-5-8-13-24/h5-10,12-15,17-20,28H,11,16,21-23H2,1-4H3/t28-,33?/m0/s1. The van der Waals surface area contributed by atoms with Crippen LogP contribution in [0, 0.1) is 0 Å². The van der Waals surface area contributed by atoms with E-state index in [9.17, 15) is 14.4 Å². The summed E-state index contributed by atoms with van der Waals surface area (Å²) >= 11 is 0. The lowest BCUT2D eigenvalue weighted by atomic mass is 10.00. The molecular weight excluding hydrogens is 506 g/mol. The highest BCUT2D eigenvalue weighted by molar-refractivity contribution is 5.91. The number of esters is 2. The fourth-order valence-corrected chi connectivity index (χ4v) is 4.73. The Balaban J connectivity index is 1.39. The Morgan fingerprint density at radius 2 is 1.45 bits per heavy atom. The molecule has 1 saturated carbocycles. The molecule has 0 spiro atoms. The van der Waals surface area contributed by atoms with E-state index in [0.29, 0.717) is 12.8 Å². The zero-order chi connectivity index (χ0) is 28.8. The van der Waals surface area contributed by atoms with Gasteiger partial charge in [-0.25, -0.2) is 9.59 Å². The number of ether oxygens (including phenoxy) is 3. The third-order valence-electron chi connectivity index (χ3n) is 6.97. The number of hydrogen-bond donors (Lipinski definition) is 0. The van der Waals surface area contributed by atoms with E-state index < -0.39 is 23.2 Å². The molecule has 4 rings (SSSR count). The number of likely N-dealkylation sites (N-methyl/N-ethyl adjacent to an activating group) is 1. The second-order valence-corrected chi connectivity index (χ2v) is 11.1. The maximum Gasteiger partial charge on any atom is 0.411 e. The summed E-state index contributed by atoms with van der Waals surface area (Å²) in [5.74, 6) is -1.10. The summed E-state index contributed by atoms with van der Waals surface area (Å²) in [5, 5.41) is 0. The highest BCUT2D eigenvalue weighted by atomic mass is 16.6. The fourth-order valence-electron chi connectivity index (χ4n) is 4.73. The smallest absolute Gasteiger partial charge is 0.411 e. The van der Waals surface area contributed by atoms with Crippen LogP contribution in [-0.2, 0) is 30.4 Å². The molecule has 210 valence electrons. The van der Waals surface area contributed by atoms with Gasteiger partial charge in [-0.2, -0.15) is 0 Å². The van der Waals surface area contributed by atoms with E-state index in [1.54, 1.807) is 27.8 Å². The quantitative estimate of drug-likeness (QED) is 0.165. The van der Waals surface area contributed by atoms with Crippen molar-refractivity contribution in [3.8, 4) is 11.1 Å². The number of amides is 1. The largest absolute Gasteiger partial charge is 0.464 e. The summed E-state index contributed by atoms with van der Waals surface area (Å²) in [6, 6.07) is 27.5. The van der Waals surface area contributed by atoms with E-state index in [-0.39, 0.29) is 31.5 Å². The maximum absolute atomic E-state index is 13.5. The third kappa shape index (κ3) is 7.08. The average molecular weight is 544 g/mol. The minimum Gasteiger partial charge on any atom is -0.464 e. The first-order valence-electron chi connectivity index (χ1n) is 13.6. The summed E-state index contributed by atoms with van der Waals surface area (Å²) in [5.41, 5.74) is 2.13. The van der Waals surface area contributed by atoms with Crippen molar-refractivity contribution in [1.29, 1.82) is 0 Å². The van der Waals surface area contributed by atoms with Gasteiger partial charge in [-0.05, 0) is 55.9 Å². The molecule has 0 saturated heterocycles. The molecule has 0 aliphatic heterocycles. The highest BCUT2D eigenvalue weighted by Crippen LogP contribution is 2.56. The summed E-state index contributed by atoms with van der Waals surface area (Å²) < 4.78 is 16.5. The summed E-state index contributed by atoms with van der Waals surface area (Å²) in [6.45, 7) is 5.60. The number of rotatable bonds is 10. The lowest BCUT2D eigenvalue weighted by molar-refractivity contribution is -0.153. The predicted octanol–water partition coefficient (Wildman–Crippen LogP) is 6.51. The van der Waals surface area contributed by atoms with Crippen molar-refractivity contribution in [3.05, 3.63) is 96.1 Å². The van der Waals surface area contributed by atoms with Crippen LogP contribution in [0.2, 0.25) is 0 Å². The van der Waals surface area contributed by atoms with Crippen LogP contribution in [0.25, 0.3) is 11.1 Å². The topological polar surface area (TPSA) is 82.1 Å². The molecule has 1 unspecified atom stereocenters. The maximum atomic E-state index is 13.5. The molecule has 1 fully saturated rings. The monoisotopic (exact) mass is 543 g/mol. The van der Waals surface area contributed by atoms with E-state index in [0.717, 1.165) is 22.3 Å². The molecule has 7 heteroatoms. The minimum absolute atomic E-state index is 0.0445. The van der Waals surface area contributed by atoms with Crippen molar-refractivity contribution in [2.75, 3.05) is 13.7 Å². The van der Waals surface area contributed by atoms with Gasteiger partial charge >= 0.3 is 18.0 Å². The number of hydrogen-bond acceptors (Lipinski definition) is 6. The molecule has 1 amide bonds. The van der Waals surface area contributed by atoms with Crippen molar-refractivity contribution < 1.29 is 28.6 Å². The molecule has 2 atom stereocenters. The van der Waals surface area contributed by atoms with Crippen molar-refractivity contribution in [1.82, 2.24) is 4.90 Å². The molecule has 3 aromatic rings. The lowest BCUT2D eigenvalue weighted by Gasteiger charge is -2.30. The zero-order valence-electron chi connectivity index (χ0n) is 23.6. The lowest BCUT2D eigenvalue weighted by Crippen LogP contribution is -2.48. The average Bonchev–Trinajstić information content (AvgIpc) is 3.71. The molecule has 3 aromatic carbocycles. The number of carbonyl (C=O) groups excluding carboxylic acids is 3. The Bertz CT molecular complexity index is 1300. The van der Waals surface area contributed by atoms with Gasteiger partial charge < -0.3 is 14.2 Å². The summed E-state index contributed by atoms with van der Waals surface area (Å²) in [4.78, 5) is 40.0. The molecule has 0 bridgehead atoms. The van der Waals surface area contributed by atoms with E-state index in [1.165, 1.54) is 4.90 Å². The van der Waals surface area contributed by atoms with Gasteiger partial charge in [0.25, 0.3) is 0 Å². The van der Waals surface area contributed by atoms with Crippen molar-refractivity contribution >= 4 is 18.0 Å². The Morgan fingerprint density at radius 1 is 0.850 bits per heavy atom. The molecule has 7 nitrogen and oxygen atoms in total. The van der Waals surface area contributed by atoms with E-state index in [4.69, 9.17) is 14.2 Å². The van der Waals surface area contributed by atoms with Gasteiger partial charge in [0.05, 0.1) is 6.61 Å². The fraction of sp³-hybridized carbons (Fsp3) is 0.364. The minimum atomic E-state index is -1.18. The molecule has 0 radical (unpaired) electrons.